The highest BCUT2D eigenvalue weighted by Crippen LogP contribution is 2.42. The fourth-order valence-corrected chi connectivity index (χ4v) is 10.6. The number of carbonyl (C=O) groups excluding carboxylic acids is 2. The van der Waals surface area contributed by atoms with Gasteiger partial charge in [0, 0.05) is 108 Å². The highest BCUT2D eigenvalue weighted by molar-refractivity contribution is 6.21. The number of aryl methyl sites for hydroxylation is 1. The number of piperidine rings is 1. The van der Waals surface area contributed by atoms with Gasteiger partial charge in [-0.25, -0.2) is 0 Å². The standard InChI is InChI=1S/C50H65ClN10O6/c1-50(2,65)33-9-12-42(38(26-33)39-29-57(4)48(64)45-37(39)13-16-53-45)67-36-8-6-7-31(23-36)28-59-19-21-60(22-20-59)35-14-17-61(18-15-35)49-54-27-40(51)46(56-49)55-34-10-11-41-32(24-34)25-43(47(63)58(41)5)66-30-44(62)52-3/h6-12,23-26,29,35,37,40,45-46,49,53-56,65H,13-22,27-28,30H2,1-5H3,(H,52,62). The third-order valence-corrected chi connectivity index (χ3v) is 14.6. The Labute approximate surface area is 397 Å². The van der Waals surface area contributed by atoms with Crippen LogP contribution in [0.4, 0.5) is 5.69 Å². The van der Waals surface area contributed by atoms with Gasteiger partial charge in [0.15, 0.2) is 12.4 Å². The van der Waals surface area contributed by atoms with E-state index in [9.17, 15) is 19.5 Å². The van der Waals surface area contributed by atoms with Crippen LogP contribution in [0, 0.1) is 5.92 Å². The Morgan fingerprint density at radius 1 is 0.910 bits per heavy atom. The summed E-state index contributed by atoms with van der Waals surface area (Å²) in [6.45, 7) is 11.6. The molecule has 0 spiro atoms. The highest BCUT2D eigenvalue weighted by atomic mass is 35.5. The number of aromatic nitrogens is 1. The molecule has 0 saturated carbocycles. The van der Waals surface area contributed by atoms with Crippen LogP contribution in [0.2, 0.25) is 0 Å². The van der Waals surface area contributed by atoms with Gasteiger partial charge in [-0.3, -0.25) is 39.7 Å². The lowest BCUT2D eigenvalue weighted by molar-refractivity contribution is -0.130. The molecule has 0 bridgehead atoms. The van der Waals surface area contributed by atoms with Crippen LogP contribution in [-0.2, 0) is 28.8 Å². The van der Waals surface area contributed by atoms with E-state index in [-0.39, 0.29) is 59.5 Å². The Morgan fingerprint density at radius 3 is 2.46 bits per heavy atom. The number of amides is 2. The monoisotopic (exact) mass is 936 g/mol. The maximum atomic E-state index is 13.0. The number of halogens is 1. The summed E-state index contributed by atoms with van der Waals surface area (Å²) in [6.07, 6.45) is 4.76. The average Bonchev–Trinajstić information content (AvgIpc) is 3.82. The molecule has 4 aromatic rings. The van der Waals surface area contributed by atoms with E-state index in [1.807, 2.05) is 48.7 Å². The average molecular weight is 938 g/mol. The number of piperazine rings is 1. The normalized spacial score (nSPS) is 24.6. The molecule has 4 saturated heterocycles. The number of anilines is 1. The van der Waals surface area contributed by atoms with Crippen LogP contribution in [0.3, 0.4) is 0 Å². The van der Waals surface area contributed by atoms with Crippen molar-refractivity contribution in [3.05, 3.63) is 100.0 Å². The number of hydrogen-bond acceptors (Lipinski definition) is 13. The minimum absolute atomic E-state index is 0.0247. The quantitative estimate of drug-likeness (QED) is 0.108. The van der Waals surface area contributed by atoms with E-state index in [1.54, 1.807) is 38.9 Å². The van der Waals surface area contributed by atoms with E-state index in [0.717, 1.165) is 111 Å². The summed E-state index contributed by atoms with van der Waals surface area (Å²) in [5.41, 5.74) is 4.21. The first-order valence-corrected chi connectivity index (χ1v) is 24.1. The molecular weight excluding hydrogens is 872 g/mol. The number of likely N-dealkylation sites (tertiary alicyclic amines) is 1. The molecule has 358 valence electrons. The van der Waals surface area contributed by atoms with Crippen LogP contribution >= 0.6 is 11.6 Å². The summed E-state index contributed by atoms with van der Waals surface area (Å²) >= 11 is 6.86. The molecule has 0 radical (unpaired) electrons. The number of nitrogens with zero attached hydrogens (tertiary/aromatic N) is 5. The summed E-state index contributed by atoms with van der Waals surface area (Å²) in [7, 11) is 5.03. The van der Waals surface area contributed by atoms with Gasteiger partial charge in [-0.15, -0.1) is 11.6 Å². The van der Waals surface area contributed by atoms with E-state index in [1.165, 1.54) is 17.2 Å². The van der Waals surface area contributed by atoms with Crippen LogP contribution in [0.25, 0.3) is 16.5 Å². The number of aliphatic hydroxyl groups is 1. The van der Waals surface area contributed by atoms with Gasteiger partial charge in [0.25, 0.3) is 11.5 Å². The van der Waals surface area contributed by atoms with Crippen molar-refractivity contribution in [2.75, 3.05) is 78.4 Å². The molecule has 16 nitrogen and oxygen atoms in total. The van der Waals surface area contributed by atoms with Gasteiger partial charge in [0.05, 0.1) is 28.7 Å². The number of nitrogens with one attached hydrogen (secondary N) is 5. The van der Waals surface area contributed by atoms with Crippen molar-refractivity contribution in [1.82, 2.24) is 45.4 Å². The third kappa shape index (κ3) is 10.4. The molecule has 9 rings (SSSR count). The van der Waals surface area contributed by atoms with Gasteiger partial charge in [-0.05, 0) is 105 Å². The van der Waals surface area contributed by atoms with Crippen LogP contribution in [0.5, 0.6) is 17.2 Å². The Morgan fingerprint density at radius 2 is 1.70 bits per heavy atom. The SMILES string of the molecule is CNC(=O)COc1cc2cc(NC3NC(N4CCC(N5CCN(Cc6cccc(Oc7ccc(C(C)(C)O)cc7C7=CN(C)C(=O)C8NCCC78)c6)CC5)CC4)NCC3Cl)ccc2n(C)c1=O. The van der Waals surface area contributed by atoms with Crippen molar-refractivity contribution in [2.24, 2.45) is 13.0 Å². The summed E-state index contributed by atoms with van der Waals surface area (Å²) < 4.78 is 13.8. The zero-order chi connectivity index (χ0) is 47.0. The zero-order valence-electron chi connectivity index (χ0n) is 39.2. The molecule has 5 aliphatic rings. The highest BCUT2D eigenvalue weighted by Gasteiger charge is 2.41. The molecule has 5 aliphatic heterocycles. The van der Waals surface area contributed by atoms with Gasteiger partial charge >= 0.3 is 0 Å². The lowest BCUT2D eigenvalue weighted by Crippen LogP contribution is -2.68. The number of fused-ring (bicyclic) bond motifs is 2. The molecule has 4 fully saturated rings. The van der Waals surface area contributed by atoms with Crippen LogP contribution in [0.15, 0.2) is 77.7 Å². The fraction of sp³-hybridized carbons (Fsp3) is 0.500. The second-order valence-corrected chi connectivity index (χ2v) is 19.7. The topological polar surface area (TPSA) is 168 Å². The van der Waals surface area contributed by atoms with E-state index < -0.39 is 5.60 Å². The third-order valence-electron chi connectivity index (χ3n) is 14.2. The van der Waals surface area contributed by atoms with Gasteiger partial charge in [-0.1, -0.05) is 18.2 Å². The van der Waals surface area contributed by atoms with Crippen molar-refractivity contribution in [2.45, 2.75) is 75.2 Å². The summed E-state index contributed by atoms with van der Waals surface area (Å²) in [6, 6.07) is 22.0. The van der Waals surface area contributed by atoms with E-state index in [4.69, 9.17) is 21.1 Å². The first kappa shape index (κ1) is 47.0. The van der Waals surface area contributed by atoms with Crippen molar-refractivity contribution in [3.8, 4) is 17.2 Å². The number of ether oxygens (including phenoxy) is 2. The van der Waals surface area contributed by atoms with Crippen LogP contribution < -0.4 is 41.6 Å². The molecule has 0 aliphatic carbocycles. The Hall–Kier alpha value is -5.04. The fourth-order valence-electron chi connectivity index (χ4n) is 10.4. The number of alkyl halides is 1. The summed E-state index contributed by atoms with van der Waals surface area (Å²) in [5.74, 6) is 1.39. The van der Waals surface area contributed by atoms with Gasteiger partial charge in [0.2, 0.25) is 5.91 Å². The van der Waals surface area contributed by atoms with Crippen molar-refractivity contribution in [1.29, 1.82) is 0 Å². The maximum Gasteiger partial charge on any atom is 0.293 e. The number of hydrogen-bond donors (Lipinski definition) is 6. The molecule has 5 atom stereocenters. The summed E-state index contributed by atoms with van der Waals surface area (Å²) in [4.78, 5) is 47.0. The van der Waals surface area contributed by atoms with Gasteiger partial charge < -0.3 is 40.0 Å². The van der Waals surface area contributed by atoms with Crippen molar-refractivity contribution in [3.63, 3.8) is 0 Å². The largest absolute Gasteiger partial charge is 0.478 e. The molecule has 6 heterocycles. The zero-order valence-corrected chi connectivity index (χ0v) is 39.9. The number of pyridine rings is 1. The number of carbonyl (C=O) groups is 2. The van der Waals surface area contributed by atoms with Crippen LogP contribution in [0.1, 0.15) is 49.8 Å². The lowest BCUT2D eigenvalue weighted by Gasteiger charge is -2.47. The lowest BCUT2D eigenvalue weighted by atomic mass is 9.82. The van der Waals surface area contributed by atoms with Gasteiger partial charge in [-0.2, -0.15) is 0 Å². The minimum Gasteiger partial charge on any atom is -0.478 e. The minimum atomic E-state index is -1.03. The predicted octanol–water partition coefficient (Wildman–Crippen LogP) is 3.58. The molecule has 1 aromatic heterocycles. The number of rotatable bonds is 13. The van der Waals surface area contributed by atoms with E-state index in [0.29, 0.717) is 18.3 Å². The number of benzene rings is 3. The molecular formula is C50H65ClN10O6. The predicted molar refractivity (Wildman–Crippen MR) is 261 cm³/mol. The molecule has 6 N–H and O–H groups in total. The Kier molecular flexibility index (Phi) is 14.0. The van der Waals surface area contributed by atoms with Gasteiger partial charge in [0.1, 0.15) is 17.8 Å². The summed E-state index contributed by atoms with van der Waals surface area (Å²) in [5, 5.41) is 28.4. The second kappa shape index (κ2) is 19.9. The van der Waals surface area contributed by atoms with Crippen molar-refractivity contribution < 1.29 is 24.2 Å². The molecule has 2 amide bonds. The van der Waals surface area contributed by atoms with E-state index in [2.05, 4.69) is 59.5 Å². The molecule has 17 heteroatoms. The Bertz CT molecular complexity index is 2550. The van der Waals surface area contributed by atoms with E-state index >= 15 is 0 Å². The molecule has 5 unspecified atom stereocenters. The van der Waals surface area contributed by atoms with Crippen LogP contribution in [-0.4, -0.2) is 144 Å². The number of likely N-dealkylation sites (N-methyl/N-ethyl adjacent to an activating group) is 2. The first-order valence-electron chi connectivity index (χ1n) is 23.7. The maximum absolute atomic E-state index is 13.0. The molecule has 3 aromatic carbocycles. The second-order valence-electron chi connectivity index (χ2n) is 19.2. The van der Waals surface area contributed by atoms with Crippen molar-refractivity contribution >= 4 is 45.6 Å². The Balaban J connectivity index is 0.771. The molecule has 67 heavy (non-hydrogen) atoms. The first-order chi connectivity index (χ1) is 32.2. The smallest absolute Gasteiger partial charge is 0.293 e.